The smallest absolute Gasteiger partial charge is 0.338 e. The maximum absolute atomic E-state index is 12.0. The van der Waals surface area contributed by atoms with Gasteiger partial charge in [0.15, 0.2) is 5.82 Å². The Bertz CT molecular complexity index is 856. The fourth-order valence-corrected chi connectivity index (χ4v) is 2.21. The van der Waals surface area contributed by atoms with Crippen molar-refractivity contribution >= 4 is 5.97 Å². The van der Waals surface area contributed by atoms with Crippen LogP contribution in [0.5, 0.6) is 11.5 Å². The predicted molar refractivity (Wildman–Crippen MR) is 93.2 cm³/mol. The lowest BCUT2D eigenvalue weighted by Crippen LogP contribution is -2.12. The van der Waals surface area contributed by atoms with Gasteiger partial charge in [0.2, 0.25) is 0 Å². The van der Waals surface area contributed by atoms with Crippen LogP contribution < -0.4 is 9.47 Å². The lowest BCUT2D eigenvalue weighted by molar-refractivity contribution is 0.0450. The number of carbonyl (C=O) groups excluding carboxylic acids is 1. The van der Waals surface area contributed by atoms with Crippen LogP contribution >= 0.6 is 0 Å². The minimum atomic E-state index is -0.420. The summed E-state index contributed by atoms with van der Waals surface area (Å²) >= 11 is 0. The van der Waals surface area contributed by atoms with E-state index in [2.05, 4.69) is 10.1 Å². The molecule has 26 heavy (non-hydrogen) atoms. The predicted octanol–water partition coefficient (Wildman–Crippen LogP) is 3.29. The molecular formula is C19H18N2O5. The second-order valence-corrected chi connectivity index (χ2v) is 5.38. The van der Waals surface area contributed by atoms with Crippen molar-refractivity contribution in [1.82, 2.24) is 10.1 Å². The molecular weight excluding hydrogens is 336 g/mol. The van der Waals surface area contributed by atoms with Crippen LogP contribution in [0, 0.1) is 6.92 Å². The summed E-state index contributed by atoms with van der Waals surface area (Å²) in [4.78, 5) is 16.2. The van der Waals surface area contributed by atoms with E-state index in [4.69, 9.17) is 18.7 Å². The summed E-state index contributed by atoms with van der Waals surface area (Å²) in [6, 6.07) is 14.0. The summed E-state index contributed by atoms with van der Waals surface area (Å²) in [6.45, 7) is 2.15. The van der Waals surface area contributed by atoms with E-state index in [-0.39, 0.29) is 13.2 Å². The van der Waals surface area contributed by atoms with Crippen LogP contribution in [-0.4, -0.2) is 36.4 Å². The maximum atomic E-state index is 12.0. The summed E-state index contributed by atoms with van der Waals surface area (Å²) in [5.41, 5.74) is 1.18. The standard InChI is InChI=1S/C19H18N2O5/c1-13-20-18(26-21-13)14-3-5-15(6-4-14)19(22)25-12-11-24-17-9-7-16(23-2)8-10-17/h3-10H,11-12H2,1-2H3. The molecule has 0 saturated heterocycles. The van der Waals surface area contributed by atoms with Crippen molar-refractivity contribution in [1.29, 1.82) is 0 Å². The zero-order chi connectivity index (χ0) is 18.4. The highest BCUT2D eigenvalue weighted by atomic mass is 16.6. The number of rotatable bonds is 7. The molecule has 0 N–H and O–H groups in total. The number of benzene rings is 2. The Kier molecular flexibility index (Phi) is 5.48. The molecule has 0 unspecified atom stereocenters. The van der Waals surface area contributed by atoms with E-state index in [0.29, 0.717) is 23.0 Å². The summed E-state index contributed by atoms with van der Waals surface area (Å²) in [7, 11) is 1.60. The average Bonchev–Trinajstić information content (AvgIpc) is 3.12. The van der Waals surface area contributed by atoms with Gasteiger partial charge in [-0.15, -0.1) is 0 Å². The van der Waals surface area contributed by atoms with Crippen molar-refractivity contribution < 1.29 is 23.5 Å². The van der Waals surface area contributed by atoms with Crippen molar-refractivity contribution in [2.45, 2.75) is 6.92 Å². The molecule has 0 spiro atoms. The first kappa shape index (κ1) is 17.5. The Morgan fingerprint density at radius 3 is 2.31 bits per heavy atom. The third kappa shape index (κ3) is 4.38. The molecule has 0 bridgehead atoms. The van der Waals surface area contributed by atoms with Gasteiger partial charge in [-0.3, -0.25) is 0 Å². The van der Waals surface area contributed by atoms with E-state index in [1.807, 2.05) is 0 Å². The van der Waals surface area contributed by atoms with Gasteiger partial charge in [-0.25, -0.2) is 4.79 Å². The lowest BCUT2D eigenvalue weighted by Gasteiger charge is -2.08. The first-order valence-electron chi connectivity index (χ1n) is 8.00. The third-order valence-corrected chi connectivity index (χ3v) is 3.54. The van der Waals surface area contributed by atoms with E-state index in [0.717, 1.165) is 11.3 Å². The minimum absolute atomic E-state index is 0.148. The van der Waals surface area contributed by atoms with E-state index in [9.17, 15) is 4.79 Å². The molecule has 0 saturated carbocycles. The zero-order valence-electron chi connectivity index (χ0n) is 14.5. The number of methoxy groups -OCH3 is 1. The number of aromatic nitrogens is 2. The van der Waals surface area contributed by atoms with Crippen LogP contribution in [-0.2, 0) is 4.74 Å². The van der Waals surface area contributed by atoms with Crippen molar-refractivity contribution in [2.75, 3.05) is 20.3 Å². The van der Waals surface area contributed by atoms with Crippen molar-refractivity contribution in [2.24, 2.45) is 0 Å². The Balaban J connectivity index is 1.47. The SMILES string of the molecule is COc1ccc(OCCOC(=O)c2ccc(-c3nc(C)no3)cc2)cc1. The topological polar surface area (TPSA) is 83.7 Å². The molecule has 3 rings (SSSR count). The molecule has 0 atom stereocenters. The highest BCUT2D eigenvalue weighted by molar-refractivity contribution is 5.89. The second-order valence-electron chi connectivity index (χ2n) is 5.38. The Morgan fingerprint density at radius 1 is 1.00 bits per heavy atom. The normalized spacial score (nSPS) is 10.4. The maximum Gasteiger partial charge on any atom is 0.338 e. The van der Waals surface area contributed by atoms with Gasteiger partial charge in [-0.2, -0.15) is 4.98 Å². The fourth-order valence-electron chi connectivity index (χ4n) is 2.21. The lowest BCUT2D eigenvalue weighted by atomic mass is 10.1. The first-order valence-corrected chi connectivity index (χ1v) is 8.00. The number of hydrogen-bond acceptors (Lipinski definition) is 7. The molecule has 7 nitrogen and oxygen atoms in total. The summed E-state index contributed by atoms with van der Waals surface area (Å²) in [5, 5.41) is 3.74. The molecule has 0 aliphatic rings. The van der Waals surface area contributed by atoms with Crippen LogP contribution in [0.1, 0.15) is 16.2 Å². The minimum Gasteiger partial charge on any atom is -0.497 e. The Labute approximate surface area is 150 Å². The van der Waals surface area contributed by atoms with Gasteiger partial charge in [-0.05, 0) is 55.5 Å². The van der Waals surface area contributed by atoms with E-state index in [1.165, 1.54) is 0 Å². The number of hydrogen-bond donors (Lipinski definition) is 0. The van der Waals surface area contributed by atoms with Crippen molar-refractivity contribution in [3.63, 3.8) is 0 Å². The van der Waals surface area contributed by atoms with Crippen molar-refractivity contribution in [3.05, 3.63) is 59.9 Å². The van der Waals surface area contributed by atoms with Gasteiger partial charge < -0.3 is 18.7 Å². The Morgan fingerprint density at radius 2 is 1.69 bits per heavy atom. The van der Waals surface area contributed by atoms with Crippen LogP contribution in [0.25, 0.3) is 11.5 Å². The van der Waals surface area contributed by atoms with E-state index < -0.39 is 5.97 Å². The number of esters is 1. The van der Waals surface area contributed by atoms with Gasteiger partial charge >= 0.3 is 5.97 Å². The fraction of sp³-hybridized carbons (Fsp3) is 0.211. The van der Waals surface area contributed by atoms with Gasteiger partial charge in [0.05, 0.1) is 12.7 Å². The highest BCUT2D eigenvalue weighted by Gasteiger charge is 2.10. The van der Waals surface area contributed by atoms with Crippen LogP contribution in [0.15, 0.2) is 53.1 Å². The molecule has 134 valence electrons. The van der Waals surface area contributed by atoms with Crippen LogP contribution in [0.2, 0.25) is 0 Å². The molecule has 1 aromatic heterocycles. The third-order valence-electron chi connectivity index (χ3n) is 3.54. The van der Waals surface area contributed by atoms with Gasteiger partial charge in [-0.1, -0.05) is 5.16 Å². The molecule has 0 radical (unpaired) electrons. The van der Waals surface area contributed by atoms with Crippen molar-refractivity contribution in [3.8, 4) is 23.0 Å². The monoisotopic (exact) mass is 354 g/mol. The molecule has 7 heteroatoms. The van der Waals surface area contributed by atoms with Crippen LogP contribution in [0.3, 0.4) is 0 Å². The highest BCUT2D eigenvalue weighted by Crippen LogP contribution is 2.18. The summed E-state index contributed by atoms with van der Waals surface area (Å²) < 4.78 is 20.9. The quantitative estimate of drug-likeness (QED) is 0.475. The van der Waals surface area contributed by atoms with E-state index >= 15 is 0 Å². The average molecular weight is 354 g/mol. The molecule has 1 heterocycles. The summed E-state index contributed by atoms with van der Waals surface area (Å²) in [5.74, 6) is 1.98. The number of carbonyl (C=O) groups is 1. The number of nitrogens with zero attached hydrogens (tertiary/aromatic N) is 2. The zero-order valence-corrected chi connectivity index (χ0v) is 14.5. The number of aryl methyl sites for hydroxylation is 1. The molecule has 2 aromatic carbocycles. The second kappa shape index (κ2) is 8.15. The Hall–Kier alpha value is -3.35. The first-order chi connectivity index (χ1) is 12.7. The molecule has 0 aliphatic carbocycles. The largest absolute Gasteiger partial charge is 0.497 e. The van der Waals surface area contributed by atoms with E-state index in [1.54, 1.807) is 62.6 Å². The molecule has 0 amide bonds. The number of ether oxygens (including phenoxy) is 3. The molecule has 0 fully saturated rings. The van der Waals surface area contributed by atoms with Crippen LogP contribution in [0.4, 0.5) is 0 Å². The van der Waals surface area contributed by atoms with Gasteiger partial charge in [0, 0.05) is 5.56 Å². The summed E-state index contributed by atoms with van der Waals surface area (Å²) in [6.07, 6.45) is 0. The van der Waals surface area contributed by atoms with Gasteiger partial charge in [0.25, 0.3) is 5.89 Å². The van der Waals surface area contributed by atoms with Gasteiger partial charge in [0.1, 0.15) is 24.7 Å². The molecule has 3 aromatic rings. The molecule has 0 aliphatic heterocycles.